The Morgan fingerprint density at radius 1 is 1.14 bits per heavy atom. The average molecular weight is 431 g/mol. The van der Waals surface area contributed by atoms with Crippen LogP contribution >= 0.6 is 22.9 Å². The summed E-state index contributed by atoms with van der Waals surface area (Å²) in [5.74, 6) is 0.256. The zero-order valence-electron chi connectivity index (χ0n) is 15.6. The van der Waals surface area contributed by atoms with Crippen LogP contribution < -0.4 is 15.4 Å². The normalized spacial score (nSPS) is 10.4. The first-order chi connectivity index (χ1) is 14.0. The summed E-state index contributed by atoms with van der Waals surface area (Å²) < 4.78 is 5.12. The number of nitrogens with zero attached hydrogens (tertiary/aromatic N) is 2. The van der Waals surface area contributed by atoms with Crippen molar-refractivity contribution in [2.45, 2.75) is 12.8 Å². The standard InChI is InChI=1S/C20H19ClN4O3S/c1-28-16-4-2-3-14(12-16)19(27)22-10-9-18-24-25-20(29-18)23-17(26)11-13-5-7-15(21)8-6-13/h2-8,12H,9-11H2,1H3,(H,22,27)(H,23,25,26). The Hall–Kier alpha value is -2.97. The Bertz CT molecular complexity index is 991. The van der Waals surface area contributed by atoms with Gasteiger partial charge in [-0.2, -0.15) is 0 Å². The molecule has 3 rings (SSSR count). The highest BCUT2D eigenvalue weighted by molar-refractivity contribution is 7.15. The molecule has 7 nitrogen and oxygen atoms in total. The number of carbonyl (C=O) groups is 2. The molecular formula is C20H19ClN4O3S. The first-order valence-electron chi connectivity index (χ1n) is 8.82. The zero-order chi connectivity index (χ0) is 20.6. The number of halogens is 1. The van der Waals surface area contributed by atoms with Crippen LogP contribution in [0.4, 0.5) is 5.13 Å². The van der Waals surface area contributed by atoms with Crippen LogP contribution in [-0.4, -0.2) is 35.7 Å². The van der Waals surface area contributed by atoms with E-state index >= 15 is 0 Å². The number of hydrogen-bond donors (Lipinski definition) is 2. The number of methoxy groups -OCH3 is 1. The maximum atomic E-state index is 12.2. The summed E-state index contributed by atoms with van der Waals surface area (Å²) in [5.41, 5.74) is 1.38. The lowest BCUT2D eigenvalue weighted by molar-refractivity contribution is -0.115. The van der Waals surface area contributed by atoms with Crippen LogP contribution in [0.1, 0.15) is 20.9 Å². The van der Waals surface area contributed by atoms with Gasteiger partial charge in [-0.25, -0.2) is 0 Å². The molecule has 3 aromatic rings. The van der Waals surface area contributed by atoms with Gasteiger partial charge >= 0.3 is 0 Å². The van der Waals surface area contributed by atoms with Crippen LogP contribution in [0.5, 0.6) is 5.75 Å². The van der Waals surface area contributed by atoms with E-state index in [4.69, 9.17) is 16.3 Å². The van der Waals surface area contributed by atoms with Gasteiger partial charge in [0.05, 0.1) is 13.5 Å². The van der Waals surface area contributed by atoms with Crippen LogP contribution in [0.3, 0.4) is 0 Å². The molecule has 0 fully saturated rings. The minimum Gasteiger partial charge on any atom is -0.497 e. The van der Waals surface area contributed by atoms with Crippen LogP contribution in [0.25, 0.3) is 0 Å². The highest BCUT2D eigenvalue weighted by atomic mass is 35.5. The number of nitrogens with one attached hydrogen (secondary N) is 2. The number of anilines is 1. The van der Waals surface area contributed by atoms with Crippen molar-refractivity contribution >= 4 is 39.9 Å². The molecule has 0 saturated heterocycles. The summed E-state index contributed by atoms with van der Waals surface area (Å²) in [6, 6.07) is 14.0. The molecule has 1 aromatic heterocycles. The lowest BCUT2D eigenvalue weighted by Gasteiger charge is -2.05. The smallest absolute Gasteiger partial charge is 0.251 e. The highest BCUT2D eigenvalue weighted by Crippen LogP contribution is 2.17. The first-order valence-corrected chi connectivity index (χ1v) is 10.0. The predicted octanol–water partition coefficient (Wildman–Crippen LogP) is 3.35. The van der Waals surface area contributed by atoms with E-state index in [1.165, 1.54) is 11.3 Å². The van der Waals surface area contributed by atoms with E-state index in [1.807, 2.05) is 0 Å². The monoisotopic (exact) mass is 430 g/mol. The molecule has 29 heavy (non-hydrogen) atoms. The van der Waals surface area contributed by atoms with E-state index in [1.54, 1.807) is 55.6 Å². The molecule has 2 N–H and O–H groups in total. The molecule has 0 bridgehead atoms. The van der Waals surface area contributed by atoms with Crippen LogP contribution in [0.15, 0.2) is 48.5 Å². The van der Waals surface area contributed by atoms with Gasteiger partial charge in [0.1, 0.15) is 10.8 Å². The predicted molar refractivity (Wildman–Crippen MR) is 113 cm³/mol. The number of ether oxygens (including phenoxy) is 1. The fourth-order valence-electron chi connectivity index (χ4n) is 2.51. The Morgan fingerprint density at radius 3 is 2.69 bits per heavy atom. The van der Waals surface area contributed by atoms with Crippen LogP contribution in [0.2, 0.25) is 5.02 Å². The lowest BCUT2D eigenvalue weighted by Crippen LogP contribution is -2.25. The minimum absolute atomic E-state index is 0.179. The molecule has 9 heteroatoms. The van der Waals surface area contributed by atoms with Crippen molar-refractivity contribution < 1.29 is 14.3 Å². The van der Waals surface area contributed by atoms with Crippen molar-refractivity contribution in [1.82, 2.24) is 15.5 Å². The second-order valence-electron chi connectivity index (χ2n) is 6.09. The first kappa shape index (κ1) is 20.8. The van der Waals surface area contributed by atoms with Gasteiger partial charge in [-0.15, -0.1) is 10.2 Å². The molecule has 0 radical (unpaired) electrons. The molecule has 2 aromatic carbocycles. The van der Waals surface area contributed by atoms with E-state index in [2.05, 4.69) is 20.8 Å². The number of aromatic nitrogens is 2. The van der Waals surface area contributed by atoms with E-state index in [0.29, 0.717) is 34.4 Å². The van der Waals surface area contributed by atoms with Crippen molar-refractivity contribution in [3.8, 4) is 5.75 Å². The largest absolute Gasteiger partial charge is 0.497 e. The van der Waals surface area contributed by atoms with Crippen molar-refractivity contribution in [2.75, 3.05) is 19.0 Å². The van der Waals surface area contributed by atoms with Gasteiger partial charge in [-0.1, -0.05) is 41.1 Å². The number of carbonyl (C=O) groups excluding carboxylic acids is 2. The Kier molecular flexibility index (Phi) is 7.15. The van der Waals surface area contributed by atoms with Crippen molar-refractivity contribution in [3.05, 3.63) is 69.7 Å². The second-order valence-corrected chi connectivity index (χ2v) is 7.59. The zero-order valence-corrected chi connectivity index (χ0v) is 17.2. The highest BCUT2D eigenvalue weighted by Gasteiger charge is 2.10. The Labute approximate surface area is 177 Å². The minimum atomic E-state index is -0.190. The fraction of sp³-hybridized carbons (Fsp3) is 0.200. The molecule has 0 spiro atoms. The summed E-state index contributed by atoms with van der Waals surface area (Å²) in [5, 5.41) is 15.4. The third kappa shape index (κ3) is 6.27. The van der Waals surface area contributed by atoms with Crippen molar-refractivity contribution in [2.24, 2.45) is 0 Å². The molecule has 0 unspecified atom stereocenters. The van der Waals surface area contributed by atoms with Crippen molar-refractivity contribution in [1.29, 1.82) is 0 Å². The summed E-state index contributed by atoms with van der Waals surface area (Å²) in [7, 11) is 1.55. The number of benzene rings is 2. The molecule has 0 atom stereocenters. The molecule has 2 amide bonds. The van der Waals surface area contributed by atoms with Gasteiger partial charge in [0, 0.05) is 23.6 Å². The summed E-state index contributed by atoms with van der Waals surface area (Å²) in [6.07, 6.45) is 0.739. The van der Waals surface area contributed by atoms with Crippen LogP contribution in [-0.2, 0) is 17.6 Å². The molecule has 0 aliphatic heterocycles. The number of hydrogen-bond acceptors (Lipinski definition) is 6. The average Bonchev–Trinajstić information content (AvgIpc) is 3.16. The third-order valence-electron chi connectivity index (χ3n) is 3.95. The van der Waals surface area contributed by atoms with Gasteiger partial charge in [-0.3, -0.25) is 9.59 Å². The molecule has 0 saturated carbocycles. The Balaban J connectivity index is 1.45. The van der Waals surface area contributed by atoms with Crippen LogP contribution in [0, 0.1) is 0 Å². The quantitative estimate of drug-likeness (QED) is 0.571. The third-order valence-corrected chi connectivity index (χ3v) is 5.10. The molecule has 0 aliphatic rings. The van der Waals surface area contributed by atoms with Gasteiger partial charge < -0.3 is 15.4 Å². The van der Waals surface area contributed by atoms with Crippen molar-refractivity contribution in [3.63, 3.8) is 0 Å². The summed E-state index contributed by atoms with van der Waals surface area (Å²) >= 11 is 7.12. The fourth-order valence-corrected chi connectivity index (χ4v) is 3.39. The van der Waals surface area contributed by atoms with Gasteiger partial charge in [0.15, 0.2) is 0 Å². The maximum absolute atomic E-state index is 12.2. The van der Waals surface area contributed by atoms with E-state index in [9.17, 15) is 9.59 Å². The molecule has 150 valence electrons. The maximum Gasteiger partial charge on any atom is 0.251 e. The number of amides is 2. The second kappa shape index (κ2) is 9.99. The van der Waals surface area contributed by atoms with E-state index < -0.39 is 0 Å². The topological polar surface area (TPSA) is 93.2 Å². The number of rotatable bonds is 8. The molecule has 0 aliphatic carbocycles. The summed E-state index contributed by atoms with van der Waals surface area (Å²) in [4.78, 5) is 24.3. The van der Waals surface area contributed by atoms with Gasteiger partial charge in [0.2, 0.25) is 11.0 Å². The van der Waals surface area contributed by atoms with Gasteiger partial charge in [-0.05, 0) is 35.9 Å². The lowest BCUT2D eigenvalue weighted by atomic mass is 10.1. The van der Waals surface area contributed by atoms with E-state index in [0.717, 1.165) is 10.6 Å². The Morgan fingerprint density at radius 2 is 1.93 bits per heavy atom. The molecule has 1 heterocycles. The van der Waals surface area contributed by atoms with Gasteiger partial charge in [0.25, 0.3) is 5.91 Å². The summed E-state index contributed by atoms with van der Waals surface area (Å²) in [6.45, 7) is 0.406. The SMILES string of the molecule is COc1cccc(C(=O)NCCc2nnc(NC(=O)Cc3ccc(Cl)cc3)s2)c1. The molecular weight excluding hydrogens is 412 g/mol. The van der Waals surface area contributed by atoms with E-state index in [-0.39, 0.29) is 18.2 Å².